The van der Waals surface area contributed by atoms with Gasteiger partial charge in [0.2, 0.25) is 0 Å². The zero-order chi connectivity index (χ0) is 11.7. The van der Waals surface area contributed by atoms with Crippen LogP contribution in [0.2, 0.25) is 0 Å². The molecule has 1 amide bonds. The van der Waals surface area contributed by atoms with Crippen LogP contribution < -0.4 is 10.2 Å². The van der Waals surface area contributed by atoms with E-state index < -0.39 is 0 Å². The molecule has 90 valence electrons. The molecule has 0 aromatic heterocycles. The molecule has 1 N–H and O–H groups in total. The van der Waals surface area contributed by atoms with Crippen molar-refractivity contribution in [2.45, 2.75) is 19.4 Å². The first-order valence-electron chi connectivity index (χ1n) is 6.11. The van der Waals surface area contributed by atoms with Crippen LogP contribution in [0.5, 0.6) is 0 Å². The van der Waals surface area contributed by atoms with E-state index in [-0.39, 0.29) is 6.09 Å². The minimum absolute atomic E-state index is 0.222. The van der Waals surface area contributed by atoms with Gasteiger partial charge in [-0.15, -0.1) is 0 Å². The Labute approximate surface area is 101 Å². The van der Waals surface area contributed by atoms with Crippen molar-refractivity contribution in [2.75, 3.05) is 24.6 Å². The summed E-state index contributed by atoms with van der Waals surface area (Å²) >= 11 is 0. The van der Waals surface area contributed by atoms with E-state index in [1.54, 1.807) is 4.90 Å². The number of hydrogen-bond donors (Lipinski definition) is 1. The molecule has 0 unspecified atom stereocenters. The van der Waals surface area contributed by atoms with Crippen LogP contribution in [0.4, 0.5) is 10.5 Å². The lowest BCUT2D eigenvalue weighted by Crippen LogP contribution is -2.37. The summed E-state index contributed by atoms with van der Waals surface area (Å²) in [5.74, 6) is 0. The van der Waals surface area contributed by atoms with Crippen LogP contribution in [-0.2, 0) is 17.7 Å². The highest BCUT2D eigenvalue weighted by Gasteiger charge is 2.22. The second-order valence-electron chi connectivity index (χ2n) is 4.50. The number of benzene rings is 1. The summed E-state index contributed by atoms with van der Waals surface area (Å²) in [4.78, 5) is 13.4. The van der Waals surface area contributed by atoms with Crippen LogP contribution >= 0.6 is 0 Å². The van der Waals surface area contributed by atoms with Gasteiger partial charge in [0, 0.05) is 18.8 Å². The Balaban J connectivity index is 1.89. The third-order valence-electron chi connectivity index (χ3n) is 3.36. The number of nitrogens with zero attached hydrogens (tertiary/aromatic N) is 1. The zero-order valence-electron chi connectivity index (χ0n) is 9.74. The van der Waals surface area contributed by atoms with Crippen molar-refractivity contribution in [1.29, 1.82) is 0 Å². The van der Waals surface area contributed by atoms with Crippen molar-refractivity contribution in [3.05, 3.63) is 29.3 Å². The lowest BCUT2D eigenvalue weighted by atomic mass is 10.00. The summed E-state index contributed by atoms with van der Waals surface area (Å²) in [5.41, 5.74) is 3.64. The summed E-state index contributed by atoms with van der Waals surface area (Å²) < 4.78 is 5.06. The second kappa shape index (κ2) is 4.37. The largest absolute Gasteiger partial charge is 0.449 e. The van der Waals surface area contributed by atoms with Gasteiger partial charge in [0.15, 0.2) is 0 Å². The normalized spacial score (nSPS) is 19.8. The van der Waals surface area contributed by atoms with Gasteiger partial charge in [0.05, 0.1) is 6.61 Å². The van der Waals surface area contributed by atoms with E-state index in [0.717, 1.165) is 38.2 Å². The summed E-state index contributed by atoms with van der Waals surface area (Å²) in [7, 11) is 0. The van der Waals surface area contributed by atoms with Crippen LogP contribution in [0.25, 0.3) is 0 Å². The molecule has 4 nitrogen and oxygen atoms in total. The fourth-order valence-electron chi connectivity index (χ4n) is 2.42. The number of carbonyl (C=O) groups is 1. The summed E-state index contributed by atoms with van der Waals surface area (Å²) in [6.07, 6.45) is 1.75. The van der Waals surface area contributed by atoms with Crippen LogP contribution in [0.1, 0.15) is 17.5 Å². The van der Waals surface area contributed by atoms with Crippen LogP contribution in [0.3, 0.4) is 0 Å². The minimum atomic E-state index is -0.222. The molecule has 0 atom stereocenters. The van der Waals surface area contributed by atoms with Gasteiger partial charge >= 0.3 is 6.09 Å². The number of anilines is 1. The lowest BCUT2D eigenvalue weighted by molar-refractivity contribution is 0.140. The standard InChI is InChI=1S/C13H16N2O2/c16-13-15(6-1-7-17-13)12-3-2-10-4-5-14-9-11(10)8-12/h2-3,8,14H,1,4-7,9H2. The van der Waals surface area contributed by atoms with E-state index in [1.807, 2.05) is 6.07 Å². The molecule has 0 spiro atoms. The Morgan fingerprint density at radius 1 is 1.29 bits per heavy atom. The van der Waals surface area contributed by atoms with Crippen LogP contribution in [0, 0.1) is 0 Å². The molecule has 3 rings (SSSR count). The third kappa shape index (κ3) is 2.00. The van der Waals surface area contributed by atoms with E-state index in [0.29, 0.717) is 6.61 Å². The molecule has 0 bridgehead atoms. The van der Waals surface area contributed by atoms with E-state index >= 15 is 0 Å². The number of cyclic esters (lactones) is 1. The molecule has 4 heteroatoms. The predicted molar refractivity (Wildman–Crippen MR) is 65.2 cm³/mol. The predicted octanol–water partition coefficient (Wildman–Crippen LogP) is 1.68. The average molecular weight is 232 g/mol. The van der Waals surface area contributed by atoms with Crippen molar-refractivity contribution in [3.8, 4) is 0 Å². The number of ether oxygens (including phenoxy) is 1. The molecular weight excluding hydrogens is 216 g/mol. The SMILES string of the molecule is O=C1OCCCN1c1ccc2c(c1)CNCC2. The summed E-state index contributed by atoms with van der Waals surface area (Å²) in [6.45, 7) is 3.23. The maximum atomic E-state index is 11.7. The summed E-state index contributed by atoms with van der Waals surface area (Å²) in [6, 6.07) is 6.26. The second-order valence-corrected chi connectivity index (χ2v) is 4.50. The van der Waals surface area contributed by atoms with Gasteiger partial charge in [-0.25, -0.2) is 4.79 Å². The molecule has 0 aliphatic carbocycles. The van der Waals surface area contributed by atoms with E-state index in [9.17, 15) is 4.79 Å². The average Bonchev–Trinajstić information content (AvgIpc) is 2.39. The van der Waals surface area contributed by atoms with Gasteiger partial charge in [0.25, 0.3) is 0 Å². The highest BCUT2D eigenvalue weighted by Crippen LogP contribution is 2.24. The minimum Gasteiger partial charge on any atom is -0.449 e. The smallest absolute Gasteiger partial charge is 0.414 e. The zero-order valence-corrected chi connectivity index (χ0v) is 9.74. The Morgan fingerprint density at radius 3 is 3.12 bits per heavy atom. The fraction of sp³-hybridized carbons (Fsp3) is 0.462. The van der Waals surface area contributed by atoms with E-state index in [2.05, 4.69) is 17.4 Å². The first kappa shape index (κ1) is 10.6. The van der Waals surface area contributed by atoms with Gasteiger partial charge in [-0.3, -0.25) is 4.90 Å². The number of fused-ring (bicyclic) bond motifs is 1. The van der Waals surface area contributed by atoms with Gasteiger partial charge in [-0.2, -0.15) is 0 Å². The highest BCUT2D eigenvalue weighted by molar-refractivity contribution is 5.88. The Hall–Kier alpha value is -1.55. The van der Waals surface area contributed by atoms with Gasteiger partial charge in [0.1, 0.15) is 0 Å². The number of rotatable bonds is 1. The summed E-state index contributed by atoms with van der Waals surface area (Å²) in [5, 5.41) is 3.35. The highest BCUT2D eigenvalue weighted by atomic mass is 16.6. The quantitative estimate of drug-likeness (QED) is 0.801. The molecule has 1 aromatic rings. The maximum absolute atomic E-state index is 11.7. The molecular formula is C13H16N2O2. The van der Waals surface area contributed by atoms with E-state index in [1.165, 1.54) is 11.1 Å². The molecule has 2 aliphatic rings. The van der Waals surface area contributed by atoms with Gasteiger partial charge in [-0.1, -0.05) is 6.07 Å². The number of amides is 1. The fourth-order valence-corrected chi connectivity index (χ4v) is 2.42. The van der Waals surface area contributed by atoms with E-state index in [4.69, 9.17) is 4.74 Å². The van der Waals surface area contributed by atoms with Gasteiger partial charge < -0.3 is 10.1 Å². The molecule has 1 aromatic carbocycles. The van der Waals surface area contributed by atoms with Crippen molar-refractivity contribution in [3.63, 3.8) is 0 Å². The third-order valence-corrected chi connectivity index (χ3v) is 3.36. The number of nitrogens with one attached hydrogen (secondary N) is 1. The molecule has 2 heterocycles. The number of hydrogen-bond acceptors (Lipinski definition) is 3. The lowest BCUT2D eigenvalue weighted by Gasteiger charge is -2.28. The molecule has 0 radical (unpaired) electrons. The molecule has 0 saturated carbocycles. The molecule has 1 saturated heterocycles. The van der Waals surface area contributed by atoms with Crippen molar-refractivity contribution in [2.24, 2.45) is 0 Å². The monoisotopic (exact) mass is 232 g/mol. The van der Waals surface area contributed by atoms with Crippen molar-refractivity contribution in [1.82, 2.24) is 5.32 Å². The van der Waals surface area contributed by atoms with Crippen LogP contribution in [0.15, 0.2) is 18.2 Å². The van der Waals surface area contributed by atoms with Crippen molar-refractivity contribution >= 4 is 11.8 Å². The van der Waals surface area contributed by atoms with Crippen LogP contribution in [-0.4, -0.2) is 25.8 Å². The van der Waals surface area contributed by atoms with Crippen molar-refractivity contribution < 1.29 is 9.53 Å². The van der Waals surface area contributed by atoms with Gasteiger partial charge in [-0.05, 0) is 42.6 Å². The Kier molecular flexibility index (Phi) is 2.73. The number of carbonyl (C=O) groups excluding carboxylic acids is 1. The molecule has 1 fully saturated rings. The molecule has 17 heavy (non-hydrogen) atoms. The Morgan fingerprint density at radius 2 is 2.24 bits per heavy atom. The molecule has 2 aliphatic heterocycles. The first-order chi connectivity index (χ1) is 8.34. The maximum Gasteiger partial charge on any atom is 0.414 e. The first-order valence-corrected chi connectivity index (χ1v) is 6.11. The topological polar surface area (TPSA) is 41.6 Å². The Bertz CT molecular complexity index is 445.